The third kappa shape index (κ3) is 7.23. The lowest BCUT2D eigenvalue weighted by atomic mass is 9.98. The lowest BCUT2D eigenvalue weighted by molar-refractivity contribution is -0.151. The van der Waals surface area contributed by atoms with Gasteiger partial charge in [-0.05, 0) is 41.5 Å². The zero-order valence-electron chi connectivity index (χ0n) is 18.3. The predicted octanol–water partition coefficient (Wildman–Crippen LogP) is 2.42. The number of aliphatic hydroxyl groups is 1. The molecule has 0 aliphatic carbocycles. The van der Waals surface area contributed by atoms with Gasteiger partial charge in [0.15, 0.2) is 0 Å². The molecule has 0 saturated carbocycles. The summed E-state index contributed by atoms with van der Waals surface area (Å²) in [6.07, 6.45) is -0.840. The number of hydrogen-bond donors (Lipinski definition) is 2. The van der Waals surface area contributed by atoms with Crippen molar-refractivity contribution in [1.82, 2.24) is 0 Å². The number of rotatable bonds is 11. The summed E-state index contributed by atoms with van der Waals surface area (Å²) in [4.78, 5) is 10.3. The normalized spacial score (nSPS) is 37.5. The Labute approximate surface area is 173 Å². The van der Waals surface area contributed by atoms with E-state index in [4.69, 9.17) is 28.0 Å². The first kappa shape index (κ1) is 25.2. The molecule has 0 bridgehead atoms. The summed E-state index contributed by atoms with van der Waals surface area (Å²) in [5, 5.41) is 9.93. The largest absolute Gasteiger partial charge is 0.472 e. The maximum Gasteiger partial charge on any atom is 0.472 e. The van der Waals surface area contributed by atoms with E-state index in [0.29, 0.717) is 12.8 Å². The van der Waals surface area contributed by atoms with Crippen LogP contribution in [0.4, 0.5) is 0 Å². The van der Waals surface area contributed by atoms with Crippen LogP contribution in [-0.2, 0) is 32.6 Å². The Hall–Kier alpha value is -0.0900. The van der Waals surface area contributed by atoms with Gasteiger partial charge in [-0.25, -0.2) is 4.57 Å². The Morgan fingerprint density at radius 1 is 1.14 bits per heavy atom. The third-order valence-corrected chi connectivity index (χ3v) is 5.99. The van der Waals surface area contributed by atoms with E-state index in [-0.39, 0.29) is 43.7 Å². The van der Waals surface area contributed by atoms with Gasteiger partial charge >= 0.3 is 7.82 Å². The molecule has 2 N–H and O–H groups in total. The van der Waals surface area contributed by atoms with Crippen molar-refractivity contribution in [3.8, 4) is 0 Å². The van der Waals surface area contributed by atoms with Crippen molar-refractivity contribution in [1.29, 1.82) is 0 Å². The van der Waals surface area contributed by atoms with Crippen LogP contribution in [0.25, 0.3) is 0 Å². The Morgan fingerprint density at radius 2 is 1.83 bits per heavy atom. The number of hydrogen-bond acceptors (Lipinski definition) is 8. The topological polar surface area (TPSA) is 113 Å². The van der Waals surface area contributed by atoms with Crippen molar-refractivity contribution in [3.63, 3.8) is 0 Å². The first-order valence-corrected chi connectivity index (χ1v) is 11.8. The van der Waals surface area contributed by atoms with Gasteiger partial charge < -0.3 is 28.9 Å². The minimum absolute atomic E-state index is 0.0110. The van der Waals surface area contributed by atoms with Crippen LogP contribution >= 0.6 is 7.82 Å². The zero-order valence-corrected chi connectivity index (χ0v) is 19.2. The van der Waals surface area contributed by atoms with Crippen LogP contribution in [0.2, 0.25) is 0 Å². The first-order chi connectivity index (χ1) is 13.5. The Kier molecular flexibility index (Phi) is 9.10. The Morgan fingerprint density at radius 3 is 2.41 bits per heavy atom. The second-order valence-corrected chi connectivity index (χ2v) is 9.96. The molecule has 0 aromatic rings. The van der Waals surface area contributed by atoms with Crippen LogP contribution in [0.15, 0.2) is 0 Å². The second-order valence-electron chi connectivity index (χ2n) is 8.55. The van der Waals surface area contributed by atoms with Crippen molar-refractivity contribution < 1.29 is 42.6 Å². The van der Waals surface area contributed by atoms with Gasteiger partial charge in [-0.2, -0.15) is 0 Å². The molecule has 10 heteroatoms. The van der Waals surface area contributed by atoms with E-state index in [1.165, 1.54) is 0 Å². The molecule has 0 aromatic heterocycles. The molecule has 2 fully saturated rings. The van der Waals surface area contributed by atoms with Crippen molar-refractivity contribution in [2.45, 2.75) is 103 Å². The molecule has 0 aromatic carbocycles. The van der Waals surface area contributed by atoms with Crippen molar-refractivity contribution in [2.24, 2.45) is 0 Å². The van der Waals surface area contributed by atoms with E-state index < -0.39 is 32.2 Å². The molecule has 2 heterocycles. The van der Waals surface area contributed by atoms with Crippen molar-refractivity contribution >= 4 is 7.82 Å². The van der Waals surface area contributed by atoms with Gasteiger partial charge in [-0.15, -0.1) is 0 Å². The van der Waals surface area contributed by atoms with Gasteiger partial charge in [-0.3, -0.25) is 9.05 Å². The lowest BCUT2D eigenvalue weighted by Gasteiger charge is -2.33. The van der Waals surface area contributed by atoms with Gasteiger partial charge in [0.2, 0.25) is 0 Å². The maximum atomic E-state index is 12.6. The monoisotopic (exact) mass is 440 g/mol. The maximum absolute atomic E-state index is 12.6. The van der Waals surface area contributed by atoms with Crippen LogP contribution in [-0.4, -0.2) is 78.1 Å². The molecule has 7 atom stereocenters. The molecular formula is C19H37O9P. The minimum atomic E-state index is -4.42. The van der Waals surface area contributed by atoms with Crippen LogP contribution in [0.5, 0.6) is 0 Å². The number of phosphoric ester groups is 1. The number of aliphatic hydroxyl groups excluding tert-OH is 1. The van der Waals surface area contributed by atoms with Gasteiger partial charge in [0.25, 0.3) is 0 Å². The highest BCUT2D eigenvalue weighted by atomic mass is 31.2. The third-order valence-electron chi connectivity index (χ3n) is 4.99. The highest BCUT2D eigenvalue weighted by molar-refractivity contribution is 7.47. The van der Waals surface area contributed by atoms with E-state index in [2.05, 4.69) is 0 Å². The molecular weight excluding hydrogens is 403 g/mol. The molecule has 0 spiro atoms. The van der Waals surface area contributed by atoms with Gasteiger partial charge in [0.1, 0.15) is 17.8 Å². The number of ether oxygens (including phenoxy) is 4. The zero-order chi connectivity index (χ0) is 21.8. The van der Waals surface area contributed by atoms with Gasteiger partial charge in [0, 0.05) is 12.8 Å². The smallest absolute Gasteiger partial charge is 0.393 e. The summed E-state index contributed by atoms with van der Waals surface area (Å²) in [5.41, 5.74) is -1.22. The highest BCUT2D eigenvalue weighted by Gasteiger charge is 2.51. The number of phosphoric acid groups is 1. The predicted molar refractivity (Wildman–Crippen MR) is 106 cm³/mol. The van der Waals surface area contributed by atoms with E-state index in [0.717, 1.165) is 0 Å². The summed E-state index contributed by atoms with van der Waals surface area (Å²) in [6, 6.07) is 0. The second kappa shape index (κ2) is 10.5. The van der Waals surface area contributed by atoms with E-state index >= 15 is 0 Å². The lowest BCUT2D eigenvalue weighted by Crippen LogP contribution is -2.49. The first-order valence-electron chi connectivity index (χ1n) is 10.3. The van der Waals surface area contributed by atoms with Gasteiger partial charge in [-0.1, -0.05) is 0 Å². The molecule has 29 heavy (non-hydrogen) atoms. The molecule has 2 saturated heterocycles. The van der Waals surface area contributed by atoms with E-state index in [9.17, 15) is 14.6 Å². The summed E-state index contributed by atoms with van der Waals surface area (Å²) in [6.45, 7) is 10.8. The highest BCUT2D eigenvalue weighted by Crippen LogP contribution is 2.50. The molecule has 2 rings (SSSR count). The molecule has 2 unspecified atom stereocenters. The summed E-state index contributed by atoms with van der Waals surface area (Å²) in [5.74, 6) is 0. The van der Waals surface area contributed by atoms with E-state index in [1.807, 2.05) is 41.5 Å². The molecule has 0 radical (unpaired) electrons. The quantitative estimate of drug-likeness (QED) is 0.468. The molecule has 172 valence electrons. The fourth-order valence-electron chi connectivity index (χ4n) is 3.72. The molecule has 0 amide bonds. The Balaban J connectivity index is 1.98. The average molecular weight is 440 g/mol. The van der Waals surface area contributed by atoms with E-state index in [1.54, 1.807) is 0 Å². The van der Waals surface area contributed by atoms with Gasteiger partial charge in [0.05, 0.1) is 50.3 Å². The molecule has 9 nitrogen and oxygen atoms in total. The van der Waals surface area contributed by atoms with Crippen molar-refractivity contribution in [3.05, 3.63) is 0 Å². The molecule has 2 aliphatic rings. The standard InChI is InChI=1S/C19H37O9P/c1-12(2)23-11-19(10-20)18(8-15(6)27-19)28-29(21,22)24-9-17-16(25-13(3)4)7-14(5)26-17/h12-18,20H,7-11H2,1-6H3,(H,21,22)/t14-,15-,16+,17?,18+,19+/m0/s1. The minimum Gasteiger partial charge on any atom is -0.393 e. The summed E-state index contributed by atoms with van der Waals surface area (Å²) in [7, 11) is -4.42. The fourth-order valence-corrected chi connectivity index (χ4v) is 4.71. The van der Waals surface area contributed by atoms with Crippen molar-refractivity contribution in [2.75, 3.05) is 19.8 Å². The van der Waals surface area contributed by atoms with Crippen LogP contribution in [0.1, 0.15) is 54.4 Å². The fraction of sp³-hybridized carbons (Fsp3) is 1.00. The average Bonchev–Trinajstić information content (AvgIpc) is 3.09. The molecule has 2 aliphatic heterocycles. The Bertz CT molecular complexity index is 558. The van der Waals surface area contributed by atoms with Crippen LogP contribution < -0.4 is 0 Å². The summed E-state index contributed by atoms with van der Waals surface area (Å²) < 4.78 is 46.3. The van der Waals surface area contributed by atoms with Crippen LogP contribution in [0.3, 0.4) is 0 Å². The summed E-state index contributed by atoms with van der Waals surface area (Å²) >= 11 is 0. The van der Waals surface area contributed by atoms with Crippen LogP contribution in [0, 0.1) is 0 Å². The SMILES string of the molecule is CC(C)OC[C@@]1(CO)O[C@@H](C)C[C@H]1OP(=O)(O)OCC1O[C@@H](C)C[C@H]1OC(C)C.